The lowest BCUT2D eigenvalue weighted by Crippen LogP contribution is -2.44. The maximum Gasteiger partial charge on any atom is 0.310 e. The average Bonchev–Trinajstić information content (AvgIpc) is 2.94. The van der Waals surface area contributed by atoms with Crippen molar-refractivity contribution in [2.45, 2.75) is 12.1 Å². The van der Waals surface area contributed by atoms with Gasteiger partial charge in [-0.1, -0.05) is 30.3 Å². The first-order valence-electron chi connectivity index (χ1n) is 6.71. The van der Waals surface area contributed by atoms with Crippen molar-refractivity contribution in [3.05, 3.63) is 35.9 Å². The number of aliphatic carboxylic acids is 1. The highest BCUT2D eigenvalue weighted by Crippen LogP contribution is 2.28. The van der Waals surface area contributed by atoms with E-state index in [2.05, 4.69) is 4.90 Å². The fourth-order valence-electron chi connectivity index (χ4n) is 2.69. The molecular weight excluding hydrogens is 258 g/mol. The van der Waals surface area contributed by atoms with Crippen LogP contribution < -0.4 is 0 Å². The van der Waals surface area contributed by atoms with E-state index in [1.165, 1.54) is 0 Å². The van der Waals surface area contributed by atoms with Crippen LogP contribution in [0.15, 0.2) is 30.3 Å². The Kier molecular flexibility index (Phi) is 5.11. The zero-order valence-electron chi connectivity index (χ0n) is 11.9. The van der Waals surface area contributed by atoms with E-state index >= 15 is 0 Å². The summed E-state index contributed by atoms with van der Waals surface area (Å²) in [7, 11) is 3.59. The fourth-order valence-corrected chi connectivity index (χ4v) is 2.69. The highest BCUT2D eigenvalue weighted by atomic mass is 16.5. The minimum absolute atomic E-state index is 0.0229. The van der Waals surface area contributed by atoms with Gasteiger partial charge in [-0.15, -0.1) is 0 Å². The van der Waals surface area contributed by atoms with Crippen LogP contribution in [0.4, 0.5) is 0 Å². The van der Waals surface area contributed by atoms with Crippen LogP contribution in [-0.4, -0.2) is 56.0 Å². The summed E-state index contributed by atoms with van der Waals surface area (Å²) in [5, 5.41) is 9.28. The zero-order valence-corrected chi connectivity index (χ0v) is 11.9. The second-order valence-corrected chi connectivity index (χ2v) is 5.10. The van der Waals surface area contributed by atoms with Crippen molar-refractivity contribution in [3.8, 4) is 0 Å². The predicted octanol–water partition coefficient (Wildman–Crippen LogP) is 1.41. The summed E-state index contributed by atoms with van der Waals surface area (Å²) in [4.78, 5) is 13.4. The molecule has 1 aromatic rings. The molecule has 5 heteroatoms. The van der Waals surface area contributed by atoms with Gasteiger partial charge in [-0.2, -0.15) is 0 Å². The van der Waals surface area contributed by atoms with Crippen molar-refractivity contribution in [3.63, 3.8) is 0 Å². The summed E-state index contributed by atoms with van der Waals surface area (Å²) in [5.41, 5.74) is 1.12. The van der Waals surface area contributed by atoms with E-state index in [0.717, 1.165) is 5.56 Å². The van der Waals surface area contributed by atoms with Crippen LogP contribution in [0.1, 0.15) is 11.6 Å². The number of hydrogen-bond donors (Lipinski definition) is 1. The molecule has 1 N–H and O–H groups in total. The molecule has 1 saturated heterocycles. The number of likely N-dealkylation sites (N-methyl/N-ethyl adjacent to an activating group) is 1. The minimum Gasteiger partial charge on any atom is -0.481 e. The van der Waals surface area contributed by atoms with Gasteiger partial charge < -0.3 is 14.6 Å². The van der Waals surface area contributed by atoms with Crippen LogP contribution in [0, 0.1) is 5.92 Å². The monoisotopic (exact) mass is 279 g/mol. The Bertz CT molecular complexity index is 437. The molecular formula is C15H21NO4. The molecule has 5 nitrogen and oxygen atoms in total. The van der Waals surface area contributed by atoms with E-state index in [9.17, 15) is 9.90 Å². The molecule has 0 saturated carbocycles. The molecule has 1 aliphatic rings. The molecule has 1 heterocycles. The third-order valence-corrected chi connectivity index (χ3v) is 3.89. The van der Waals surface area contributed by atoms with Crippen molar-refractivity contribution >= 4 is 5.97 Å². The summed E-state index contributed by atoms with van der Waals surface area (Å²) < 4.78 is 10.7. The van der Waals surface area contributed by atoms with Gasteiger partial charge in [0.1, 0.15) is 0 Å². The SMILES string of the molecule is COCC(c1ccccc1)N(C)C1COCC1C(=O)O. The van der Waals surface area contributed by atoms with Crippen molar-refractivity contribution in [1.82, 2.24) is 4.90 Å². The number of benzene rings is 1. The maximum atomic E-state index is 11.3. The average molecular weight is 279 g/mol. The van der Waals surface area contributed by atoms with Gasteiger partial charge in [0.25, 0.3) is 0 Å². The summed E-state index contributed by atoms with van der Waals surface area (Å²) in [6.45, 7) is 1.24. The Morgan fingerprint density at radius 3 is 2.75 bits per heavy atom. The van der Waals surface area contributed by atoms with Crippen LogP contribution in [0.3, 0.4) is 0 Å². The second kappa shape index (κ2) is 6.83. The summed E-state index contributed by atoms with van der Waals surface area (Å²) >= 11 is 0. The van der Waals surface area contributed by atoms with Crippen LogP contribution >= 0.6 is 0 Å². The third-order valence-electron chi connectivity index (χ3n) is 3.89. The Hall–Kier alpha value is -1.43. The van der Waals surface area contributed by atoms with Crippen LogP contribution in [0.2, 0.25) is 0 Å². The van der Waals surface area contributed by atoms with Gasteiger partial charge in [0.2, 0.25) is 0 Å². The van der Waals surface area contributed by atoms with Crippen LogP contribution in [-0.2, 0) is 14.3 Å². The molecule has 3 unspecified atom stereocenters. The Morgan fingerprint density at radius 1 is 1.45 bits per heavy atom. The van der Waals surface area contributed by atoms with Gasteiger partial charge in [0.05, 0.1) is 31.8 Å². The molecule has 1 fully saturated rings. The van der Waals surface area contributed by atoms with Gasteiger partial charge in [0, 0.05) is 13.2 Å². The molecule has 0 bridgehead atoms. The van der Waals surface area contributed by atoms with Gasteiger partial charge in [-0.05, 0) is 12.6 Å². The molecule has 0 spiro atoms. The number of rotatable bonds is 6. The van der Waals surface area contributed by atoms with E-state index in [-0.39, 0.29) is 18.7 Å². The molecule has 2 rings (SSSR count). The van der Waals surface area contributed by atoms with Crippen molar-refractivity contribution in [2.75, 3.05) is 34.0 Å². The summed E-state index contributed by atoms with van der Waals surface area (Å²) in [5.74, 6) is -1.29. The fraction of sp³-hybridized carbons (Fsp3) is 0.533. The number of carbonyl (C=O) groups is 1. The number of ether oxygens (including phenoxy) is 2. The molecule has 0 aromatic heterocycles. The van der Waals surface area contributed by atoms with Gasteiger partial charge in [-0.3, -0.25) is 9.69 Å². The van der Waals surface area contributed by atoms with E-state index in [1.807, 2.05) is 37.4 Å². The maximum absolute atomic E-state index is 11.3. The molecule has 20 heavy (non-hydrogen) atoms. The van der Waals surface area contributed by atoms with Crippen molar-refractivity contribution in [2.24, 2.45) is 5.92 Å². The summed E-state index contributed by atoms with van der Waals surface area (Å²) in [6.07, 6.45) is 0. The lowest BCUT2D eigenvalue weighted by atomic mass is 9.98. The van der Waals surface area contributed by atoms with Gasteiger partial charge in [0.15, 0.2) is 0 Å². The lowest BCUT2D eigenvalue weighted by Gasteiger charge is -2.34. The molecule has 3 atom stereocenters. The Labute approximate surface area is 119 Å². The predicted molar refractivity (Wildman–Crippen MR) is 74.6 cm³/mol. The molecule has 1 aliphatic heterocycles. The van der Waals surface area contributed by atoms with Gasteiger partial charge in [-0.25, -0.2) is 0 Å². The molecule has 110 valence electrons. The zero-order chi connectivity index (χ0) is 14.5. The quantitative estimate of drug-likeness (QED) is 0.853. The first-order valence-corrected chi connectivity index (χ1v) is 6.71. The molecule has 0 aliphatic carbocycles. The highest BCUT2D eigenvalue weighted by Gasteiger charge is 2.39. The van der Waals surface area contributed by atoms with E-state index in [0.29, 0.717) is 13.2 Å². The summed E-state index contributed by atoms with van der Waals surface area (Å²) in [6, 6.07) is 9.88. The smallest absolute Gasteiger partial charge is 0.310 e. The topological polar surface area (TPSA) is 59.0 Å². The first-order chi connectivity index (χ1) is 9.65. The number of hydrogen-bond acceptors (Lipinski definition) is 4. The highest BCUT2D eigenvalue weighted by molar-refractivity contribution is 5.71. The van der Waals surface area contributed by atoms with E-state index in [1.54, 1.807) is 7.11 Å². The van der Waals surface area contributed by atoms with E-state index < -0.39 is 11.9 Å². The lowest BCUT2D eigenvalue weighted by molar-refractivity contribution is -0.143. The Morgan fingerprint density at radius 2 is 2.15 bits per heavy atom. The van der Waals surface area contributed by atoms with Crippen molar-refractivity contribution in [1.29, 1.82) is 0 Å². The van der Waals surface area contributed by atoms with E-state index in [4.69, 9.17) is 9.47 Å². The molecule has 0 amide bonds. The third kappa shape index (κ3) is 3.17. The molecule has 0 radical (unpaired) electrons. The normalized spacial score (nSPS) is 23.9. The number of carboxylic acid groups (broad SMARTS) is 1. The van der Waals surface area contributed by atoms with Crippen molar-refractivity contribution < 1.29 is 19.4 Å². The van der Waals surface area contributed by atoms with Crippen LogP contribution in [0.25, 0.3) is 0 Å². The first kappa shape index (κ1) is 15.0. The van der Waals surface area contributed by atoms with Gasteiger partial charge >= 0.3 is 5.97 Å². The largest absolute Gasteiger partial charge is 0.481 e. The van der Waals surface area contributed by atoms with Crippen LogP contribution in [0.5, 0.6) is 0 Å². The minimum atomic E-state index is -0.802. The second-order valence-electron chi connectivity index (χ2n) is 5.10. The number of methoxy groups -OCH3 is 1. The number of nitrogens with zero attached hydrogens (tertiary/aromatic N) is 1. The Balaban J connectivity index is 2.18. The molecule has 1 aromatic carbocycles. The number of carboxylic acids is 1. The standard InChI is InChI=1S/C15H21NO4/c1-16(14-10-20-8-12(14)15(17)18)13(9-19-2)11-6-4-3-5-7-11/h3-7,12-14H,8-10H2,1-2H3,(H,17,18).